The summed E-state index contributed by atoms with van der Waals surface area (Å²) in [5.41, 5.74) is 0. The third kappa shape index (κ3) is 4.83. The van der Waals surface area contributed by atoms with E-state index in [4.69, 9.17) is 4.55 Å². The summed E-state index contributed by atoms with van der Waals surface area (Å²) >= 11 is 0.338. The Hall–Kier alpha value is 0.832. The molecule has 0 unspecified atom stereocenters. The zero-order valence-corrected chi connectivity index (χ0v) is 8.26. The molecular formula is CH4O3PbS. The van der Waals surface area contributed by atoms with Crippen molar-refractivity contribution >= 4 is 35.9 Å². The summed E-state index contributed by atoms with van der Waals surface area (Å²) in [6, 6.07) is 0. The Morgan fingerprint density at radius 3 is 1.83 bits per heavy atom. The third-order valence-electron chi connectivity index (χ3n) is 0.211. The molecular weight excluding hydrogens is 299 g/mol. The van der Waals surface area contributed by atoms with Crippen LogP contribution in [0.15, 0.2) is 0 Å². The second-order valence-electron chi connectivity index (χ2n) is 0.749. The third-order valence-corrected chi connectivity index (χ3v) is 5.54. The Morgan fingerprint density at radius 2 is 1.83 bits per heavy atom. The van der Waals surface area contributed by atoms with E-state index < -0.39 is 10.1 Å². The Bertz CT molecular complexity index is 113. The van der Waals surface area contributed by atoms with Crippen molar-refractivity contribution < 1.29 is 13.0 Å². The van der Waals surface area contributed by atoms with Crippen molar-refractivity contribution in [2.75, 3.05) is 3.31 Å². The van der Waals surface area contributed by atoms with Crippen LogP contribution in [0.4, 0.5) is 0 Å². The first-order valence-electron chi connectivity index (χ1n) is 1.21. The fourth-order valence-electron chi connectivity index (χ4n) is 0. The minimum absolute atomic E-state index is 0.0347. The molecule has 0 fully saturated rings. The summed E-state index contributed by atoms with van der Waals surface area (Å²) in [5, 5.41) is 0. The predicted molar refractivity (Wildman–Crippen MR) is 23.6 cm³/mol. The molecule has 2 radical (unpaired) electrons. The second kappa shape index (κ2) is 2.22. The summed E-state index contributed by atoms with van der Waals surface area (Å²) in [6.07, 6.45) is 0. The van der Waals surface area contributed by atoms with Gasteiger partial charge in [-0.1, -0.05) is 0 Å². The molecule has 0 atom stereocenters. The molecule has 0 aromatic carbocycles. The van der Waals surface area contributed by atoms with Gasteiger partial charge in [-0.05, 0) is 0 Å². The van der Waals surface area contributed by atoms with E-state index in [1.807, 2.05) is 0 Å². The van der Waals surface area contributed by atoms with Crippen LogP contribution in [-0.2, 0) is 10.1 Å². The Balaban J connectivity index is 3.85. The van der Waals surface area contributed by atoms with Crippen molar-refractivity contribution in [2.45, 2.75) is 0 Å². The first-order chi connectivity index (χ1) is 2.56. The topological polar surface area (TPSA) is 54.4 Å². The summed E-state index contributed by atoms with van der Waals surface area (Å²) in [4.78, 5) is 0. The quantitative estimate of drug-likeness (QED) is 0.486. The molecule has 0 aromatic heterocycles. The van der Waals surface area contributed by atoms with Gasteiger partial charge in [0.25, 0.3) is 0 Å². The molecule has 0 saturated heterocycles. The molecule has 36 valence electrons. The maximum atomic E-state index is 9.60. The van der Waals surface area contributed by atoms with Crippen LogP contribution in [0.2, 0.25) is 0 Å². The van der Waals surface area contributed by atoms with Gasteiger partial charge in [-0.15, -0.1) is 0 Å². The fraction of sp³-hybridized carbons (Fsp3) is 1.00. The van der Waals surface area contributed by atoms with Gasteiger partial charge in [-0.25, -0.2) is 0 Å². The van der Waals surface area contributed by atoms with Crippen molar-refractivity contribution in [2.24, 2.45) is 0 Å². The van der Waals surface area contributed by atoms with Crippen LogP contribution in [0.3, 0.4) is 0 Å². The van der Waals surface area contributed by atoms with E-state index in [1.54, 1.807) is 0 Å². The van der Waals surface area contributed by atoms with Gasteiger partial charge in [-0.2, -0.15) is 0 Å². The van der Waals surface area contributed by atoms with E-state index >= 15 is 0 Å². The number of rotatable bonds is 1. The molecule has 3 nitrogen and oxygen atoms in total. The van der Waals surface area contributed by atoms with E-state index in [0.717, 1.165) is 0 Å². The monoisotopic (exact) mass is 304 g/mol. The number of hydrogen-bond donors (Lipinski definition) is 1. The maximum absolute atomic E-state index is 9.60. The Labute approximate surface area is 52.2 Å². The SMILES string of the molecule is O=S(=O)(O)[CH2][PbH]. The van der Waals surface area contributed by atoms with Crippen LogP contribution in [0, 0.1) is 0 Å². The fourth-order valence-corrected chi connectivity index (χ4v) is 0. The van der Waals surface area contributed by atoms with Crippen molar-refractivity contribution in [1.82, 2.24) is 0 Å². The zero-order valence-electron chi connectivity index (χ0n) is 2.96. The molecule has 0 heterocycles. The molecule has 0 aliphatic heterocycles. The molecule has 0 saturated carbocycles. The summed E-state index contributed by atoms with van der Waals surface area (Å²) < 4.78 is 27.0. The second-order valence-corrected chi connectivity index (χ2v) is 6.13. The Kier molecular flexibility index (Phi) is 2.53. The van der Waals surface area contributed by atoms with Gasteiger partial charge in [0.15, 0.2) is 0 Å². The average molecular weight is 303 g/mol. The van der Waals surface area contributed by atoms with E-state index in [1.165, 1.54) is 0 Å². The van der Waals surface area contributed by atoms with Crippen molar-refractivity contribution in [3.8, 4) is 0 Å². The first-order valence-corrected chi connectivity index (χ1v) is 6.00. The van der Waals surface area contributed by atoms with Crippen LogP contribution >= 0.6 is 0 Å². The van der Waals surface area contributed by atoms with Gasteiger partial charge < -0.3 is 0 Å². The zero-order chi connectivity index (χ0) is 5.21. The van der Waals surface area contributed by atoms with Gasteiger partial charge in [0.1, 0.15) is 0 Å². The molecule has 0 spiro atoms. The molecule has 0 bridgehead atoms. The van der Waals surface area contributed by atoms with Crippen molar-refractivity contribution in [3.05, 3.63) is 0 Å². The van der Waals surface area contributed by atoms with Gasteiger partial charge >= 0.3 is 52.2 Å². The van der Waals surface area contributed by atoms with Crippen molar-refractivity contribution in [1.29, 1.82) is 0 Å². The van der Waals surface area contributed by atoms with Crippen LogP contribution in [0.25, 0.3) is 0 Å². The van der Waals surface area contributed by atoms with E-state index in [9.17, 15) is 8.42 Å². The predicted octanol–water partition coefficient (Wildman–Crippen LogP) is -1.27. The normalized spacial score (nSPS) is 11.7. The molecule has 0 aliphatic rings. The van der Waals surface area contributed by atoms with Crippen LogP contribution in [0.5, 0.6) is 0 Å². The van der Waals surface area contributed by atoms with Crippen LogP contribution in [0.1, 0.15) is 0 Å². The van der Waals surface area contributed by atoms with Gasteiger partial charge in [-0.3, -0.25) is 0 Å². The summed E-state index contributed by atoms with van der Waals surface area (Å²) in [5.74, 6) is 0. The molecule has 0 rings (SSSR count). The standard InChI is InChI=1S/CH3O3S.Pb.H/c1-5(2,3)4;;/h1H2,(H,2,3,4);;. The molecule has 0 aromatic rings. The van der Waals surface area contributed by atoms with Gasteiger partial charge in [0.2, 0.25) is 0 Å². The van der Waals surface area contributed by atoms with E-state index in [-0.39, 0.29) is 3.31 Å². The van der Waals surface area contributed by atoms with Crippen molar-refractivity contribution in [3.63, 3.8) is 0 Å². The van der Waals surface area contributed by atoms with E-state index in [2.05, 4.69) is 0 Å². The van der Waals surface area contributed by atoms with E-state index in [0.29, 0.717) is 25.8 Å². The van der Waals surface area contributed by atoms with Crippen LogP contribution in [-0.4, -0.2) is 42.0 Å². The van der Waals surface area contributed by atoms with Gasteiger partial charge in [0.05, 0.1) is 0 Å². The number of hydrogen-bond acceptors (Lipinski definition) is 2. The molecule has 6 heavy (non-hydrogen) atoms. The van der Waals surface area contributed by atoms with Crippen LogP contribution < -0.4 is 0 Å². The minimum atomic E-state index is -3.59. The Morgan fingerprint density at radius 1 is 1.67 bits per heavy atom. The molecule has 0 amide bonds. The summed E-state index contributed by atoms with van der Waals surface area (Å²) in [6.45, 7) is 0. The van der Waals surface area contributed by atoms with Gasteiger partial charge in [0, 0.05) is 0 Å². The first kappa shape index (κ1) is 6.83. The summed E-state index contributed by atoms with van der Waals surface area (Å²) in [7, 11) is -3.59. The molecule has 5 heteroatoms. The molecule has 0 aliphatic carbocycles. The molecule has 1 N–H and O–H groups in total. The average Bonchev–Trinajstić information content (AvgIpc) is 1.35.